The number of benzene rings is 1. The molecule has 1 aromatic carbocycles. The minimum absolute atomic E-state index is 0.0835. The van der Waals surface area contributed by atoms with E-state index in [2.05, 4.69) is 0 Å². The molecule has 1 heterocycles. The molecule has 28 heavy (non-hydrogen) atoms. The topological polar surface area (TPSA) is 59.3 Å². The van der Waals surface area contributed by atoms with Crippen molar-refractivity contribution in [1.29, 1.82) is 5.26 Å². The Hall–Kier alpha value is -1.76. The second-order valence-corrected chi connectivity index (χ2v) is 8.65. The SMILES string of the molecule is CC(=O)SCC(=Cc1ccc(C#N)cc1C(F)(F)F)B1OC(C)(C)C(C)(C)O1. The summed E-state index contributed by atoms with van der Waals surface area (Å²) in [6.07, 6.45) is -3.30. The van der Waals surface area contributed by atoms with E-state index in [-0.39, 0.29) is 22.0 Å². The van der Waals surface area contributed by atoms with Crippen molar-refractivity contribution < 1.29 is 27.3 Å². The Bertz CT molecular complexity index is 828. The van der Waals surface area contributed by atoms with Crippen LogP contribution >= 0.6 is 11.8 Å². The molecule has 2 rings (SSSR count). The molecule has 0 atom stereocenters. The highest BCUT2D eigenvalue weighted by atomic mass is 32.2. The summed E-state index contributed by atoms with van der Waals surface area (Å²) in [6, 6.07) is 5.09. The van der Waals surface area contributed by atoms with Gasteiger partial charge in [-0.15, -0.1) is 0 Å². The predicted octanol–water partition coefficient (Wildman–Crippen LogP) is 4.87. The third kappa shape index (κ3) is 4.99. The van der Waals surface area contributed by atoms with E-state index in [4.69, 9.17) is 14.6 Å². The number of nitriles is 1. The van der Waals surface area contributed by atoms with Gasteiger partial charge in [0.1, 0.15) is 0 Å². The molecule has 9 heteroatoms. The van der Waals surface area contributed by atoms with Gasteiger partial charge in [0.15, 0.2) is 5.12 Å². The van der Waals surface area contributed by atoms with Crippen LogP contribution in [0, 0.1) is 11.3 Å². The Balaban J connectivity index is 2.52. The van der Waals surface area contributed by atoms with Gasteiger partial charge in [-0.25, -0.2) is 0 Å². The molecule has 0 unspecified atom stereocenters. The molecule has 0 saturated carbocycles. The number of nitrogens with zero attached hydrogens (tertiary/aromatic N) is 1. The van der Waals surface area contributed by atoms with Crippen molar-refractivity contribution in [1.82, 2.24) is 0 Å². The molecule has 1 aromatic rings. The highest BCUT2D eigenvalue weighted by Gasteiger charge is 2.52. The van der Waals surface area contributed by atoms with Crippen molar-refractivity contribution >= 4 is 30.1 Å². The second kappa shape index (κ2) is 7.93. The van der Waals surface area contributed by atoms with Crippen LogP contribution in [-0.2, 0) is 20.3 Å². The van der Waals surface area contributed by atoms with Gasteiger partial charge in [-0.1, -0.05) is 23.9 Å². The molecule has 0 aromatic heterocycles. The first-order valence-corrected chi connectivity index (χ1v) is 9.56. The van der Waals surface area contributed by atoms with Crippen LogP contribution in [0.4, 0.5) is 13.2 Å². The van der Waals surface area contributed by atoms with Crippen LogP contribution in [0.5, 0.6) is 0 Å². The molecular formula is C19H21BF3NO3S. The quantitative estimate of drug-likeness (QED) is 0.662. The zero-order valence-electron chi connectivity index (χ0n) is 16.3. The summed E-state index contributed by atoms with van der Waals surface area (Å²) in [5.74, 6) is 0.128. The smallest absolute Gasteiger partial charge is 0.400 e. The molecule has 0 N–H and O–H groups in total. The lowest BCUT2D eigenvalue weighted by Crippen LogP contribution is -2.41. The van der Waals surface area contributed by atoms with E-state index in [0.29, 0.717) is 5.47 Å². The molecule has 1 aliphatic heterocycles. The third-order valence-corrected chi connectivity index (χ3v) is 5.71. The highest BCUT2D eigenvalue weighted by molar-refractivity contribution is 8.13. The summed E-state index contributed by atoms with van der Waals surface area (Å²) in [7, 11) is -0.881. The van der Waals surface area contributed by atoms with Crippen molar-refractivity contribution in [3.8, 4) is 6.07 Å². The van der Waals surface area contributed by atoms with Gasteiger partial charge in [0, 0.05) is 12.7 Å². The van der Waals surface area contributed by atoms with Gasteiger partial charge in [0.25, 0.3) is 0 Å². The number of rotatable bonds is 4. The Morgan fingerprint density at radius 3 is 2.29 bits per heavy atom. The fourth-order valence-electron chi connectivity index (χ4n) is 2.55. The van der Waals surface area contributed by atoms with Crippen molar-refractivity contribution in [3.05, 3.63) is 40.4 Å². The van der Waals surface area contributed by atoms with Crippen molar-refractivity contribution in [3.63, 3.8) is 0 Å². The zero-order chi connectivity index (χ0) is 21.3. The van der Waals surface area contributed by atoms with E-state index in [1.54, 1.807) is 6.07 Å². The monoisotopic (exact) mass is 411 g/mol. The van der Waals surface area contributed by atoms with Crippen LogP contribution in [0.25, 0.3) is 6.08 Å². The van der Waals surface area contributed by atoms with Crippen LogP contribution in [0.15, 0.2) is 23.7 Å². The molecule has 0 aliphatic carbocycles. The van der Waals surface area contributed by atoms with Crippen LogP contribution in [0.2, 0.25) is 0 Å². The average molecular weight is 411 g/mol. The summed E-state index contributed by atoms with van der Waals surface area (Å²) in [4.78, 5) is 11.4. The molecule has 0 spiro atoms. The minimum atomic E-state index is -4.63. The van der Waals surface area contributed by atoms with E-state index in [1.165, 1.54) is 25.1 Å². The van der Waals surface area contributed by atoms with E-state index in [9.17, 15) is 18.0 Å². The maximum atomic E-state index is 13.5. The lowest BCUT2D eigenvalue weighted by atomic mass is 9.78. The standard InChI is InChI=1S/C19H21BF3NO3S/c1-12(25)28-11-15(20-26-17(2,3)18(4,5)27-20)9-14-7-6-13(10-24)8-16(14)19(21,22)23/h6-9H,11H2,1-5H3. The molecular weight excluding hydrogens is 390 g/mol. The second-order valence-electron chi connectivity index (χ2n) is 7.50. The van der Waals surface area contributed by atoms with Gasteiger partial charge < -0.3 is 9.31 Å². The molecule has 1 saturated heterocycles. The van der Waals surface area contributed by atoms with Crippen LogP contribution in [-0.4, -0.2) is 29.2 Å². The minimum Gasteiger partial charge on any atom is -0.400 e. The summed E-state index contributed by atoms with van der Waals surface area (Å²) in [6.45, 7) is 8.74. The van der Waals surface area contributed by atoms with Gasteiger partial charge in [-0.05, 0) is 50.9 Å². The van der Waals surface area contributed by atoms with E-state index >= 15 is 0 Å². The Morgan fingerprint density at radius 2 is 1.82 bits per heavy atom. The fourth-order valence-corrected chi connectivity index (χ4v) is 3.14. The largest absolute Gasteiger partial charge is 0.491 e. The summed E-state index contributed by atoms with van der Waals surface area (Å²) < 4.78 is 52.4. The first-order valence-electron chi connectivity index (χ1n) is 8.57. The van der Waals surface area contributed by atoms with Gasteiger partial charge in [0.2, 0.25) is 0 Å². The van der Waals surface area contributed by atoms with Gasteiger partial charge in [0.05, 0.1) is 28.4 Å². The lowest BCUT2D eigenvalue weighted by Gasteiger charge is -2.32. The van der Waals surface area contributed by atoms with Crippen LogP contribution in [0.1, 0.15) is 51.3 Å². The van der Waals surface area contributed by atoms with Gasteiger partial charge in [-0.3, -0.25) is 4.79 Å². The number of carbonyl (C=O) groups is 1. The summed E-state index contributed by atoms with van der Waals surface area (Å²) in [5, 5.41) is 8.75. The van der Waals surface area contributed by atoms with Crippen molar-refractivity contribution in [2.24, 2.45) is 0 Å². The Kier molecular flexibility index (Phi) is 6.39. The number of halogens is 3. The van der Waals surface area contributed by atoms with Crippen LogP contribution < -0.4 is 0 Å². The molecule has 0 radical (unpaired) electrons. The normalized spacial score (nSPS) is 18.8. The fraction of sp³-hybridized carbons (Fsp3) is 0.474. The summed E-state index contributed by atoms with van der Waals surface area (Å²) >= 11 is 0.966. The number of thioether (sulfide) groups is 1. The van der Waals surface area contributed by atoms with Crippen LogP contribution in [0.3, 0.4) is 0 Å². The van der Waals surface area contributed by atoms with Gasteiger partial charge in [-0.2, -0.15) is 18.4 Å². The molecule has 1 aliphatic rings. The zero-order valence-corrected chi connectivity index (χ0v) is 17.1. The summed E-state index contributed by atoms with van der Waals surface area (Å²) in [5.41, 5.74) is -2.05. The maximum Gasteiger partial charge on any atom is 0.491 e. The highest BCUT2D eigenvalue weighted by Crippen LogP contribution is 2.40. The number of alkyl halides is 3. The molecule has 1 fully saturated rings. The maximum absolute atomic E-state index is 13.5. The van der Waals surface area contributed by atoms with Gasteiger partial charge >= 0.3 is 13.3 Å². The van der Waals surface area contributed by atoms with E-state index in [0.717, 1.165) is 17.8 Å². The van der Waals surface area contributed by atoms with Crippen molar-refractivity contribution in [2.75, 3.05) is 5.75 Å². The predicted molar refractivity (Wildman–Crippen MR) is 103 cm³/mol. The number of hydrogen-bond donors (Lipinski definition) is 0. The average Bonchev–Trinajstić information content (AvgIpc) is 2.78. The third-order valence-electron chi connectivity index (χ3n) is 4.83. The first kappa shape index (κ1) is 22.5. The van der Waals surface area contributed by atoms with E-state index in [1.807, 2.05) is 27.7 Å². The molecule has 4 nitrogen and oxygen atoms in total. The first-order chi connectivity index (χ1) is 12.8. The van der Waals surface area contributed by atoms with E-state index < -0.39 is 30.1 Å². The Morgan fingerprint density at radius 1 is 1.25 bits per heavy atom. The molecule has 0 bridgehead atoms. The lowest BCUT2D eigenvalue weighted by molar-refractivity contribution is -0.137. The van der Waals surface area contributed by atoms with Crippen molar-refractivity contribution in [2.45, 2.75) is 52.0 Å². The number of hydrogen-bond acceptors (Lipinski definition) is 5. The Labute approximate surface area is 167 Å². The number of carbonyl (C=O) groups excluding carboxylic acids is 1. The molecule has 150 valence electrons. The molecule has 0 amide bonds.